The summed E-state index contributed by atoms with van der Waals surface area (Å²) in [7, 11) is 0. The molecular formula is C16H20N2O5. The summed E-state index contributed by atoms with van der Waals surface area (Å²) in [6.07, 6.45) is 0.493. The number of ketones is 1. The van der Waals surface area contributed by atoms with Gasteiger partial charge in [-0.15, -0.1) is 0 Å². The molecule has 0 atom stereocenters. The first-order chi connectivity index (χ1) is 10.8. The number of rotatable bonds is 2. The molecule has 2 aliphatic rings. The van der Waals surface area contributed by atoms with Crippen LogP contribution in [0.5, 0.6) is 0 Å². The molecular weight excluding hydrogens is 300 g/mol. The predicted molar refractivity (Wildman–Crippen MR) is 80.6 cm³/mol. The number of aromatic amines is 1. The van der Waals surface area contributed by atoms with Crippen molar-refractivity contribution in [1.82, 2.24) is 9.88 Å². The number of Topliss-reactive ketones (excluding diaryl/α,β-unsaturated/α-hetero) is 1. The Morgan fingerprint density at radius 2 is 1.87 bits per heavy atom. The number of likely N-dealkylation sites (tertiary alicyclic amines) is 1. The Morgan fingerprint density at radius 3 is 2.35 bits per heavy atom. The number of H-pyrrole nitrogens is 1. The predicted octanol–water partition coefficient (Wildman–Crippen LogP) is 1.98. The molecule has 0 bridgehead atoms. The molecule has 3 heterocycles. The van der Waals surface area contributed by atoms with E-state index in [1.54, 1.807) is 18.7 Å². The summed E-state index contributed by atoms with van der Waals surface area (Å²) in [6, 6.07) is 0. The average molecular weight is 320 g/mol. The molecule has 1 N–H and O–H groups in total. The molecule has 1 aromatic heterocycles. The number of carbonyl (C=O) groups excluding carboxylic acids is 3. The van der Waals surface area contributed by atoms with Crippen LogP contribution in [0, 0.1) is 13.8 Å². The third-order valence-corrected chi connectivity index (χ3v) is 4.72. The molecule has 0 unspecified atom stereocenters. The highest BCUT2D eigenvalue weighted by atomic mass is 16.8. The van der Waals surface area contributed by atoms with Crippen molar-refractivity contribution >= 4 is 17.8 Å². The second-order valence-corrected chi connectivity index (χ2v) is 6.30. The molecule has 2 aliphatic heterocycles. The zero-order valence-corrected chi connectivity index (χ0v) is 13.5. The van der Waals surface area contributed by atoms with E-state index >= 15 is 0 Å². The van der Waals surface area contributed by atoms with Crippen molar-refractivity contribution < 1.29 is 23.9 Å². The number of nitrogens with zero attached hydrogens (tertiary/aromatic N) is 1. The topological polar surface area (TPSA) is 88.7 Å². The van der Waals surface area contributed by atoms with E-state index in [2.05, 4.69) is 4.98 Å². The third kappa shape index (κ3) is 2.60. The summed E-state index contributed by atoms with van der Waals surface area (Å²) in [5.41, 5.74) is 1.86. The molecule has 124 valence electrons. The Balaban J connectivity index is 1.75. The number of cyclic esters (lactones) is 1. The number of amides is 1. The summed E-state index contributed by atoms with van der Waals surface area (Å²) in [5.74, 6) is -0.180. The quantitative estimate of drug-likeness (QED) is 0.665. The van der Waals surface area contributed by atoms with Gasteiger partial charge < -0.3 is 19.4 Å². The van der Waals surface area contributed by atoms with Crippen molar-refractivity contribution in [2.24, 2.45) is 0 Å². The lowest BCUT2D eigenvalue weighted by Crippen LogP contribution is -2.48. The zero-order chi connectivity index (χ0) is 16.8. The Hall–Kier alpha value is -2.31. The fourth-order valence-electron chi connectivity index (χ4n) is 3.37. The van der Waals surface area contributed by atoms with Crippen LogP contribution in [0.15, 0.2) is 0 Å². The van der Waals surface area contributed by atoms with Crippen LogP contribution in [-0.4, -0.2) is 53.0 Å². The SMILES string of the molecule is CC(=O)c1[nH]c(C)c(C(=O)N2CCC3(CC2)COC(=O)O3)c1C. The summed E-state index contributed by atoms with van der Waals surface area (Å²) in [4.78, 5) is 40.3. The van der Waals surface area contributed by atoms with Gasteiger partial charge in [-0.1, -0.05) is 0 Å². The molecule has 1 spiro atoms. The highest BCUT2D eigenvalue weighted by molar-refractivity contribution is 6.02. The number of piperidine rings is 1. The van der Waals surface area contributed by atoms with Gasteiger partial charge in [0.1, 0.15) is 6.61 Å². The van der Waals surface area contributed by atoms with Gasteiger partial charge in [-0.25, -0.2) is 4.79 Å². The van der Waals surface area contributed by atoms with E-state index in [-0.39, 0.29) is 18.3 Å². The third-order valence-electron chi connectivity index (χ3n) is 4.72. The summed E-state index contributed by atoms with van der Waals surface area (Å²) < 4.78 is 10.1. The maximum absolute atomic E-state index is 12.8. The van der Waals surface area contributed by atoms with Gasteiger partial charge in [0.15, 0.2) is 11.4 Å². The molecule has 1 aromatic rings. The van der Waals surface area contributed by atoms with Gasteiger partial charge in [0.05, 0.1) is 11.3 Å². The maximum atomic E-state index is 12.8. The highest BCUT2D eigenvalue weighted by Gasteiger charge is 2.45. The number of nitrogens with one attached hydrogen (secondary N) is 1. The summed E-state index contributed by atoms with van der Waals surface area (Å²) >= 11 is 0. The lowest BCUT2D eigenvalue weighted by molar-refractivity contribution is 0.00278. The Bertz CT molecular complexity index is 683. The largest absolute Gasteiger partial charge is 0.509 e. The lowest BCUT2D eigenvalue weighted by Gasteiger charge is -2.36. The van der Waals surface area contributed by atoms with Crippen LogP contribution in [0.4, 0.5) is 4.79 Å². The van der Waals surface area contributed by atoms with Crippen LogP contribution in [0.1, 0.15) is 51.9 Å². The minimum atomic E-state index is -0.631. The zero-order valence-electron chi connectivity index (χ0n) is 13.5. The Kier molecular flexibility index (Phi) is 3.66. The highest BCUT2D eigenvalue weighted by Crippen LogP contribution is 2.32. The van der Waals surface area contributed by atoms with Gasteiger partial charge in [0.25, 0.3) is 5.91 Å². The smallest absolute Gasteiger partial charge is 0.430 e. The molecule has 0 radical (unpaired) electrons. The fourth-order valence-corrected chi connectivity index (χ4v) is 3.37. The molecule has 2 fully saturated rings. The summed E-state index contributed by atoms with van der Waals surface area (Å²) in [6.45, 7) is 6.30. The normalized spacial score (nSPS) is 19.6. The number of aryl methyl sites for hydroxylation is 1. The Labute approximate surface area is 133 Å². The number of hydrogen-bond donors (Lipinski definition) is 1. The van der Waals surface area contributed by atoms with Crippen molar-refractivity contribution in [2.45, 2.75) is 39.2 Å². The number of hydrogen-bond acceptors (Lipinski definition) is 5. The molecule has 1 amide bonds. The van der Waals surface area contributed by atoms with Gasteiger partial charge in [0, 0.05) is 38.5 Å². The molecule has 0 saturated carbocycles. The van der Waals surface area contributed by atoms with Gasteiger partial charge in [-0.3, -0.25) is 9.59 Å². The van der Waals surface area contributed by atoms with E-state index in [1.807, 2.05) is 0 Å². The first kappa shape index (κ1) is 15.6. The van der Waals surface area contributed by atoms with E-state index in [0.717, 1.165) is 0 Å². The monoisotopic (exact) mass is 320 g/mol. The van der Waals surface area contributed by atoms with Crippen molar-refractivity contribution in [3.05, 3.63) is 22.5 Å². The minimum Gasteiger partial charge on any atom is -0.430 e. The lowest BCUT2D eigenvalue weighted by atomic mass is 9.92. The number of aromatic nitrogens is 1. The number of carbonyl (C=O) groups is 3. The molecule has 0 aliphatic carbocycles. The first-order valence-corrected chi connectivity index (χ1v) is 7.68. The van der Waals surface area contributed by atoms with Crippen molar-refractivity contribution in [3.63, 3.8) is 0 Å². The van der Waals surface area contributed by atoms with Crippen LogP contribution in [0.25, 0.3) is 0 Å². The molecule has 3 rings (SSSR count). The van der Waals surface area contributed by atoms with Gasteiger partial charge in [0.2, 0.25) is 0 Å². The first-order valence-electron chi connectivity index (χ1n) is 7.68. The van der Waals surface area contributed by atoms with Crippen molar-refractivity contribution in [3.8, 4) is 0 Å². The Morgan fingerprint density at radius 1 is 1.22 bits per heavy atom. The van der Waals surface area contributed by atoms with Gasteiger partial charge in [-0.2, -0.15) is 0 Å². The van der Waals surface area contributed by atoms with Crippen LogP contribution in [-0.2, 0) is 9.47 Å². The van der Waals surface area contributed by atoms with Gasteiger partial charge in [-0.05, 0) is 19.4 Å². The molecule has 0 aromatic carbocycles. The average Bonchev–Trinajstić information content (AvgIpc) is 3.00. The van der Waals surface area contributed by atoms with E-state index in [4.69, 9.17) is 9.47 Å². The van der Waals surface area contributed by atoms with Gasteiger partial charge >= 0.3 is 6.16 Å². The maximum Gasteiger partial charge on any atom is 0.509 e. The minimum absolute atomic E-state index is 0.0859. The van der Waals surface area contributed by atoms with Crippen molar-refractivity contribution in [2.75, 3.05) is 19.7 Å². The second kappa shape index (κ2) is 5.40. The fraction of sp³-hybridized carbons (Fsp3) is 0.562. The van der Waals surface area contributed by atoms with Crippen LogP contribution in [0.2, 0.25) is 0 Å². The summed E-state index contributed by atoms with van der Waals surface area (Å²) in [5, 5.41) is 0. The van der Waals surface area contributed by atoms with E-state index in [0.29, 0.717) is 48.4 Å². The van der Waals surface area contributed by atoms with E-state index < -0.39 is 11.8 Å². The standard InChI is InChI=1S/C16H20N2O5/c1-9-12(10(2)17-13(9)11(3)19)14(20)18-6-4-16(5-7-18)8-22-15(21)23-16/h17H,4-8H2,1-3H3. The van der Waals surface area contributed by atoms with Crippen molar-refractivity contribution in [1.29, 1.82) is 0 Å². The molecule has 7 heteroatoms. The van der Waals surface area contributed by atoms with Crippen LogP contribution < -0.4 is 0 Å². The molecule has 2 saturated heterocycles. The number of ether oxygens (including phenoxy) is 2. The van der Waals surface area contributed by atoms with Crippen LogP contribution >= 0.6 is 0 Å². The van der Waals surface area contributed by atoms with Crippen LogP contribution in [0.3, 0.4) is 0 Å². The molecule has 7 nitrogen and oxygen atoms in total. The second-order valence-electron chi connectivity index (χ2n) is 6.30. The van der Waals surface area contributed by atoms with E-state index in [9.17, 15) is 14.4 Å². The molecule has 23 heavy (non-hydrogen) atoms. The van der Waals surface area contributed by atoms with E-state index in [1.165, 1.54) is 6.92 Å².